The second kappa shape index (κ2) is 5.87. The van der Waals surface area contributed by atoms with E-state index in [1.54, 1.807) is 0 Å². The Hall–Kier alpha value is -0.830. The van der Waals surface area contributed by atoms with E-state index in [0.717, 1.165) is 6.42 Å². The minimum atomic E-state index is 0.488. The minimum Gasteiger partial charge on any atom is -0.316 e. The normalized spacial score (nSPS) is 18.0. The van der Waals surface area contributed by atoms with Crippen molar-refractivity contribution in [2.75, 3.05) is 13.1 Å². The van der Waals surface area contributed by atoms with Crippen molar-refractivity contribution in [3.63, 3.8) is 0 Å². The average molecular weight is 249 g/mol. The molecule has 0 aliphatic carbocycles. The molecule has 1 fully saturated rings. The van der Waals surface area contributed by atoms with Crippen molar-refractivity contribution in [3.05, 3.63) is 18.0 Å². The number of rotatable bonds is 7. The van der Waals surface area contributed by atoms with Gasteiger partial charge in [0.1, 0.15) is 0 Å². The van der Waals surface area contributed by atoms with Crippen LogP contribution in [0.2, 0.25) is 0 Å². The first-order chi connectivity index (χ1) is 8.73. The van der Waals surface area contributed by atoms with Crippen molar-refractivity contribution in [3.8, 4) is 0 Å². The van der Waals surface area contributed by atoms with E-state index in [-0.39, 0.29) is 0 Å². The molecule has 1 saturated heterocycles. The van der Waals surface area contributed by atoms with E-state index in [0.29, 0.717) is 11.5 Å². The lowest BCUT2D eigenvalue weighted by Gasteiger charge is -2.42. The zero-order valence-corrected chi connectivity index (χ0v) is 12.1. The van der Waals surface area contributed by atoms with Gasteiger partial charge in [-0.2, -0.15) is 5.10 Å². The van der Waals surface area contributed by atoms with Gasteiger partial charge < -0.3 is 5.32 Å². The molecular formula is C15H27N3. The number of hydrogen-bond acceptors (Lipinski definition) is 2. The van der Waals surface area contributed by atoms with Gasteiger partial charge in [-0.25, -0.2) is 0 Å². The van der Waals surface area contributed by atoms with Gasteiger partial charge >= 0.3 is 0 Å². The summed E-state index contributed by atoms with van der Waals surface area (Å²) in [5.74, 6) is 0. The third-order valence-corrected chi connectivity index (χ3v) is 4.32. The molecule has 0 bridgehead atoms. The molecule has 1 N–H and O–H groups in total. The molecule has 2 heterocycles. The van der Waals surface area contributed by atoms with E-state index in [2.05, 4.69) is 43.0 Å². The van der Waals surface area contributed by atoms with Crippen molar-refractivity contribution >= 4 is 0 Å². The quantitative estimate of drug-likeness (QED) is 0.804. The van der Waals surface area contributed by atoms with Gasteiger partial charge in [-0.15, -0.1) is 0 Å². The van der Waals surface area contributed by atoms with Crippen molar-refractivity contribution in [2.45, 2.75) is 58.9 Å². The van der Waals surface area contributed by atoms with Crippen molar-refractivity contribution in [2.24, 2.45) is 5.41 Å². The van der Waals surface area contributed by atoms with Crippen LogP contribution in [0.25, 0.3) is 0 Å². The van der Waals surface area contributed by atoms with E-state index in [1.165, 1.54) is 44.5 Å². The predicted molar refractivity (Wildman–Crippen MR) is 75.8 cm³/mol. The molecule has 0 atom stereocenters. The van der Waals surface area contributed by atoms with Crippen LogP contribution in [0.5, 0.6) is 0 Å². The molecule has 1 aliphatic rings. The largest absolute Gasteiger partial charge is 0.316 e. The Balaban J connectivity index is 2.01. The van der Waals surface area contributed by atoms with Crippen molar-refractivity contribution in [1.82, 2.24) is 15.1 Å². The Morgan fingerprint density at radius 3 is 2.56 bits per heavy atom. The molecule has 3 nitrogen and oxygen atoms in total. The van der Waals surface area contributed by atoms with Crippen LogP contribution in [-0.4, -0.2) is 22.9 Å². The summed E-state index contributed by atoms with van der Waals surface area (Å²) in [5.41, 5.74) is 1.76. The Bertz CT molecular complexity index is 362. The first-order valence-electron chi connectivity index (χ1n) is 7.47. The second-order valence-corrected chi connectivity index (χ2v) is 5.79. The van der Waals surface area contributed by atoms with Crippen LogP contribution >= 0.6 is 0 Å². The molecule has 1 aliphatic heterocycles. The van der Waals surface area contributed by atoms with E-state index in [4.69, 9.17) is 5.10 Å². The fourth-order valence-corrected chi connectivity index (χ4v) is 3.12. The van der Waals surface area contributed by atoms with Crippen LogP contribution in [0.1, 0.15) is 58.2 Å². The highest BCUT2D eigenvalue weighted by molar-refractivity contribution is 5.07. The Labute approximate surface area is 111 Å². The first kappa shape index (κ1) is 13.6. The predicted octanol–water partition coefficient (Wildman–Crippen LogP) is 3.18. The van der Waals surface area contributed by atoms with Gasteiger partial charge in [-0.1, -0.05) is 27.2 Å². The Morgan fingerprint density at radius 2 is 2.06 bits per heavy atom. The molecule has 1 aromatic rings. The van der Waals surface area contributed by atoms with Gasteiger partial charge in [0.05, 0.1) is 11.7 Å². The summed E-state index contributed by atoms with van der Waals surface area (Å²) < 4.78 is 2.17. The molecule has 18 heavy (non-hydrogen) atoms. The fourth-order valence-electron chi connectivity index (χ4n) is 3.12. The SMILES string of the molecule is CCCC1(Cc2ccn(C(CC)CC)n2)CNC1. The minimum absolute atomic E-state index is 0.488. The summed E-state index contributed by atoms with van der Waals surface area (Å²) in [6.45, 7) is 9.09. The molecular weight excluding hydrogens is 222 g/mol. The molecule has 102 valence electrons. The Kier molecular flexibility index (Phi) is 4.44. The van der Waals surface area contributed by atoms with E-state index in [1.807, 2.05) is 0 Å². The van der Waals surface area contributed by atoms with Gasteiger partial charge in [0.15, 0.2) is 0 Å². The molecule has 1 aromatic heterocycles. The maximum atomic E-state index is 4.79. The summed E-state index contributed by atoms with van der Waals surface area (Å²) in [5, 5.41) is 8.21. The zero-order chi connectivity index (χ0) is 13.0. The van der Waals surface area contributed by atoms with Crippen LogP contribution < -0.4 is 5.32 Å². The van der Waals surface area contributed by atoms with Gasteiger partial charge in [-0.05, 0) is 31.7 Å². The molecule has 0 saturated carbocycles. The molecule has 0 radical (unpaired) electrons. The highest BCUT2D eigenvalue weighted by Crippen LogP contribution is 2.32. The number of nitrogens with zero attached hydrogens (tertiary/aromatic N) is 2. The van der Waals surface area contributed by atoms with Gasteiger partial charge in [0.25, 0.3) is 0 Å². The molecule has 0 spiro atoms. The number of hydrogen-bond donors (Lipinski definition) is 1. The maximum absolute atomic E-state index is 4.79. The zero-order valence-electron chi connectivity index (χ0n) is 12.1. The lowest BCUT2D eigenvalue weighted by Crippen LogP contribution is -2.54. The topological polar surface area (TPSA) is 29.9 Å². The lowest BCUT2D eigenvalue weighted by molar-refractivity contribution is 0.148. The lowest BCUT2D eigenvalue weighted by atomic mass is 9.74. The smallest absolute Gasteiger partial charge is 0.0631 e. The highest BCUT2D eigenvalue weighted by Gasteiger charge is 2.36. The van der Waals surface area contributed by atoms with Gasteiger partial charge in [0, 0.05) is 24.7 Å². The molecule has 3 heteroatoms. The van der Waals surface area contributed by atoms with E-state index in [9.17, 15) is 0 Å². The van der Waals surface area contributed by atoms with Gasteiger partial charge in [0.2, 0.25) is 0 Å². The molecule has 0 aromatic carbocycles. The number of nitrogens with one attached hydrogen (secondary N) is 1. The second-order valence-electron chi connectivity index (χ2n) is 5.79. The number of aromatic nitrogens is 2. The van der Waals surface area contributed by atoms with Crippen molar-refractivity contribution in [1.29, 1.82) is 0 Å². The third kappa shape index (κ3) is 2.77. The summed E-state index contributed by atoms with van der Waals surface area (Å²) >= 11 is 0. The Morgan fingerprint density at radius 1 is 1.33 bits per heavy atom. The van der Waals surface area contributed by atoms with Crippen LogP contribution in [-0.2, 0) is 6.42 Å². The monoisotopic (exact) mass is 249 g/mol. The maximum Gasteiger partial charge on any atom is 0.0631 e. The summed E-state index contributed by atoms with van der Waals surface area (Å²) in [7, 11) is 0. The van der Waals surface area contributed by atoms with Crippen LogP contribution in [0.15, 0.2) is 12.3 Å². The molecule has 0 unspecified atom stereocenters. The van der Waals surface area contributed by atoms with Gasteiger partial charge in [-0.3, -0.25) is 4.68 Å². The van der Waals surface area contributed by atoms with Crippen LogP contribution in [0, 0.1) is 5.41 Å². The summed E-state index contributed by atoms with van der Waals surface area (Å²) in [6, 6.07) is 2.79. The van der Waals surface area contributed by atoms with Crippen LogP contribution in [0.4, 0.5) is 0 Å². The average Bonchev–Trinajstić information content (AvgIpc) is 2.76. The van der Waals surface area contributed by atoms with Crippen molar-refractivity contribution < 1.29 is 0 Å². The van der Waals surface area contributed by atoms with Crippen LogP contribution in [0.3, 0.4) is 0 Å². The highest BCUT2D eigenvalue weighted by atomic mass is 15.3. The molecule has 0 amide bonds. The standard InChI is InChI=1S/C15H27N3/c1-4-8-15(11-16-12-15)10-13-7-9-18(17-13)14(5-2)6-3/h7,9,14,16H,4-6,8,10-12H2,1-3H3. The van der Waals surface area contributed by atoms with E-state index >= 15 is 0 Å². The first-order valence-corrected chi connectivity index (χ1v) is 7.47. The third-order valence-electron chi connectivity index (χ3n) is 4.32. The summed E-state index contributed by atoms with van der Waals surface area (Å²) in [4.78, 5) is 0. The van der Waals surface area contributed by atoms with E-state index < -0.39 is 0 Å². The molecule has 2 rings (SSSR count). The summed E-state index contributed by atoms with van der Waals surface area (Å²) in [6.07, 6.45) is 8.23. The fraction of sp³-hybridized carbons (Fsp3) is 0.800.